The van der Waals surface area contributed by atoms with E-state index < -0.39 is 0 Å². The summed E-state index contributed by atoms with van der Waals surface area (Å²) in [4.78, 5) is 0. The first-order valence-electron chi connectivity index (χ1n) is 3.21. The van der Waals surface area contributed by atoms with Gasteiger partial charge < -0.3 is 0 Å². The molecule has 0 aromatic carbocycles. The summed E-state index contributed by atoms with van der Waals surface area (Å²) >= 11 is 22.0. The summed E-state index contributed by atoms with van der Waals surface area (Å²) < 4.78 is 0. The lowest BCUT2D eigenvalue weighted by atomic mass is 9.98. The fraction of sp³-hybridized carbons (Fsp3) is 1.00. The number of thiol groups is 1. The molecule has 1 rings (SSSR count). The number of hydrogen-bond acceptors (Lipinski definition) is 1. The van der Waals surface area contributed by atoms with Crippen molar-refractivity contribution in [3.8, 4) is 0 Å². The molecule has 4 unspecified atom stereocenters. The van der Waals surface area contributed by atoms with E-state index in [4.69, 9.17) is 34.8 Å². The van der Waals surface area contributed by atoms with Gasteiger partial charge in [0, 0.05) is 10.6 Å². The summed E-state index contributed by atoms with van der Waals surface area (Å²) in [5, 5.41) is 0.353. The molecule has 60 valence electrons. The Morgan fingerprint density at radius 2 is 1.40 bits per heavy atom. The zero-order valence-corrected chi connectivity index (χ0v) is 8.47. The first-order chi connectivity index (χ1) is 4.61. The molecule has 1 saturated carbocycles. The highest BCUT2D eigenvalue weighted by Crippen LogP contribution is 2.33. The molecular formula is C6H9Cl3S. The molecule has 0 radical (unpaired) electrons. The lowest BCUT2D eigenvalue weighted by Crippen LogP contribution is -2.34. The third kappa shape index (κ3) is 2.10. The van der Waals surface area contributed by atoms with Crippen LogP contribution in [0.5, 0.6) is 0 Å². The van der Waals surface area contributed by atoms with Crippen molar-refractivity contribution in [3.05, 3.63) is 0 Å². The van der Waals surface area contributed by atoms with E-state index in [1.807, 2.05) is 0 Å². The Hall–Kier alpha value is 1.22. The highest BCUT2D eigenvalue weighted by molar-refractivity contribution is 7.81. The van der Waals surface area contributed by atoms with E-state index in [0.29, 0.717) is 0 Å². The summed E-state index contributed by atoms with van der Waals surface area (Å²) in [5.74, 6) is 0. The van der Waals surface area contributed by atoms with Crippen molar-refractivity contribution in [3.63, 3.8) is 0 Å². The molecule has 10 heavy (non-hydrogen) atoms. The molecule has 1 fully saturated rings. The molecule has 4 atom stereocenters. The van der Waals surface area contributed by atoms with Crippen molar-refractivity contribution in [2.24, 2.45) is 0 Å². The number of rotatable bonds is 0. The third-order valence-corrected chi connectivity index (χ3v) is 4.05. The molecule has 0 N–H and O–H groups in total. The Morgan fingerprint density at radius 3 is 1.90 bits per heavy atom. The van der Waals surface area contributed by atoms with Gasteiger partial charge in [0.1, 0.15) is 0 Å². The average Bonchev–Trinajstić information content (AvgIpc) is 1.84. The normalized spacial score (nSPS) is 49.2. The van der Waals surface area contributed by atoms with Crippen LogP contribution < -0.4 is 0 Å². The highest BCUT2D eigenvalue weighted by Gasteiger charge is 2.32. The Morgan fingerprint density at radius 1 is 0.900 bits per heavy atom. The van der Waals surface area contributed by atoms with Crippen LogP contribution >= 0.6 is 47.4 Å². The lowest BCUT2D eigenvalue weighted by Gasteiger charge is -2.30. The van der Waals surface area contributed by atoms with E-state index >= 15 is 0 Å². The zero-order valence-electron chi connectivity index (χ0n) is 5.30. The molecule has 0 aromatic rings. The molecule has 0 nitrogen and oxygen atoms in total. The van der Waals surface area contributed by atoms with Crippen LogP contribution in [-0.2, 0) is 0 Å². The van der Waals surface area contributed by atoms with Gasteiger partial charge in [-0.05, 0) is 12.8 Å². The maximum absolute atomic E-state index is 5.91. The molecular weight excluding hydrogens is 210 g/mol. The largest absolute Gasteiger partial charge is 0.174 e. The third-order valence-electron chi connectivity index (χ3n) is 1.73. The summed E-state index contributed by atoms with van der Waals surface area (Å²) in [6.45, 7) is 0. The molecule has 0 aliphatic heterocycles. The van der Waals surface area contributed by atoms with Crippen LogP contribution in [0.4, 0.5) is 0 Å². The monoisotopic (exact) mass is 218 g/mol. The SMILES string of the molecule is SC1CC(Cl)C(Cl)CC1Cl. The number of hydrogen-bond donors (Lipinski definition) is 1. The predicted molar refractivity (Wildman–Crippen MR) is 50.9 cm³/mol. The average molecular weight is 220 g/mol. The van der Waals surface area contributed by atoms with Gasteiger partial charge in [-0.3, -0.25) is 0 Å². The van der Waals surface area contributed by atoms with Crippen LogP contribution in [0.2, 0.25) is 0 Å². The molecule has 0 heterocycles. The molecule has 4 heteroatoms. The van der Waals surface area contributed by atoms with Gasteiger partial charge in [-0.2, -0.15) is 12.6 Å². The summed E-state index contributed by atoms with van der Waals surface area (Å²) in [7, 11) is 0. The standard InChI is InChI=1S/C6H9Cl3S/c7-3-1-5(9)6(10)2-4(3)8/h3-6,10H,1-2H2. The molecule has 1 aliphatic carbocycles. The first-order valence-corrected chi connectivity index (χ1v) is 5.04. The Bertz CT molecular complexity index is 93.6. The topological polar surface area (TPSA) is 0 Å². The van der Waals surface area contributed by atoms with Gasteiger partial charge in [-0.25, -0.2) is 0 Å². The van der Waals surface area contributed by atoms with E-state index in [1.54, 1.807) is 0 Å². The van der Waals surface area contributed by atoms with E-state index in [0.717, 1.165) is 12.8 Å². The Kier molecular flexibility index (Phi) is 3.49. The van der Waals surface area contributed by atoms with Crippen molar-refractivity contribution < 1.29 is 0 Å². The van der Waals surface area contributed by atoms with E-state index in [-0.39, 0.29) is 21.4 Å². The van der Waals surface area contributed by atoms with Crippen molar-refractivity contribution in [1.82, 2.24) is 0 Å². The summed E-state index contributed by atoms with van der Waals surface area (Å²) in [5.41, 5.74) is 0. The second-order valence-electron chi connectivity index (χ2n) is 2.59. The minimum Gasteiger partial charge on any atom is -0.174 e. The Labute approximate surface area is 81.6 Å². The van der Waals surface area contributed by atoms with E-state index in [1.165, 1.54) is 0 Å². The molecule has 0 spiro atoms. The van der Waals surface area contributed by atoms with E-state index in [2.05, 4.69) is 12.6 Å². The van der Waals surface area contributed by atoms with Gasteiger partial charge in [0.15, 0.2) is 0 Å². The number of alkyl halides is 3. The molecule has 0 bridgehead atoms. The van der Waals surface area contributed by atoms with Crippen LogP contribution in [0.3, 0.4) is 0 Å². The maximum atomic E-state index is 5.91. The fourth-order valence-corrected chi connectivity index (χ4v) is 2.49. The van der Waals surface area contributed by atoms with Crippen molar-refractivity contribution in [2.45, 2.75) is 34.2 Å². The second-order valence-corrected chi connectivity index (χ2v) is 4.93. The molecule has 1 aliphatic rings. The van der Waals surface area contributed by atoms with Crippen LogP contribution in [0, 0.1) is 0 Å². The quantitative estimate of drug-likeness (QED) is 0.470. The maximum Gasteiger partial charge on any atom is 0.0514 e. The molecule has 0 aromatic heterocycles. The fourth-order valence-electron chi connectivity index (χ4n) is 1.05. The minimum atomic E-state index is 0.0209. The highest BCUT2D eigenvalue weighted by atomic mass is 35.5. The van der Waals surface area contributed by atoms with Gasteiger partial charge in [0.2, 0.25) is 0 Å². The van der Waals surface area contributed by atoms with Gasteiger partial charge >= 0.3 is 0 Å². The van der Waals surface area contributed by atoms with Crippen molar-refractivity contribution in [2.75, 3.05) is 0 Å². The van der Waals surface area contributed by atoms with E-state index in [9.17, 15) is 0 Å². The first kappa shape index (κ1) is 9.31. The zero-order chi connectivity index (χ0) is 7.72. The van der Waals surface area contributed by atoms with Gasteiger partial charge in [0.25, 0.3) is 0 Å². The second kappa shape index (κ2) is 3.75. The van der Waals surface area contributed by atoms with Crippen LogP contribution in [0.25, 0.3) is 0 Å². The van der Waals surface area contributed by atoms with Crippen LogP contribution in [-0.4, -0.2) is 21.4 Å². The van der Waals surface area contributed by atoms with Crippen LogP contribution in [0.15, 0.2) is 0 Å². The van der Waals surface area contributed by atoms with Gasteiger partial charge in [-0.15, -0.1) is 34.8 Å². The summed E-state index contributed by atoms with van der Waals surface area (Å²) in [6.07, 6.45) is 1.58. The Balaban J connectivity index is 2.46. The molecule has 0 amide bonds. The van der Waals surface area contributed by atoms with Gasteiger partial charge in [-0.1, -0.05) is 0 Å². The lowest BCUT2D eigenvalue weighted by molar-refractivity contribution is 0.538. The van der Waals surface area contributed by atoms with Crippen LogP contribution in [0.1, 0.15) is 12.8 Å². The predicted octanol–water partition coefficient (Wildman–Crippen LogP) is 2.90. The number of halogens is 3. The minimum absolute atomic E-state index is 0.0209. The molecule has 0 saturated heterocycles. The summed E-state index contributed by atoms with van der Waals surface area (Å²) in [6, 6.07) is 0. The smallest absolute Gasteiger partial charge is 0.0514 e. The van der Waals surface area contributed by atoms with Crippen molar-refractivity contribution in [1.29, 1.82) is 0 Å². The van der Waals surface area contributed by atoms with Gasteiger partial charge in [0.05, 0.1) is 10.8 Å². The van der Waals surface area contributed by atoms with Crippen molar-refractivity contribution >= 4 is 47.4 Å².